The summed E-state index contributed by atoms with van der Waals surface area (Å²) in [5.74, 6) is -0.537. The lowest BCUT2D eigenvalue weighted by molar-refractivity contribution is 0.0467. The van der Waals surface area contributed by atoms with Crippen molar-refractivity contribution in [3.05, 3.63) is 65.5 Å². The molecule has 2 heterocycles. The third-order valence-electron chi connectivity index (χ3n) is 5.62. The van der Waals surface area contributed by atoms with E-state index < -0.39 is 16.0 Å². The molecule has 3 aromatic rings. The van der Waals surface area contributed by atoms with Gasteiger partial charge in [0.25, 0.3) is 0 Å². The van der Waals surface area contributed by atoms with Crippen LogP contribution in [0.5, 0.6) is 0 Å². The van der Waals surface area contributed by atoms with Gasteiger partial charge in [-0.05, 0) is 63.1 Å². The molecule has 1 atom stereocenters. The highest BCUT2D eigenvalue weighted by Crippen LogP contribution is 2.25. The second-order valence-corrected chi connectivity index (χ2v) is 9.70. The Morgan fingerprint density at radius 3 is 2.42 bits per heavy atom. The summed E-state index contributed by atoms with van der Waals surface area (Å²) in [5, 5.41) is 0. The minimum absolute atomic E-state index is 0.00611. The van der Waals surface area contributed by atoms with Crippen LogP contribution in [0.4, 0.5) is 0 Å². The molecule has 0 spiro atoms. The second kappa shape index (κ2) is 8.72. The minimum Gasteiger partial charge on any atom is -0.456 e. The first kappa shape index (κ1) is 21.4. The van der Waals surface area contributed by atoms with Crippen molar-refractivity contribution in [3.8, 4) is 0 Å². The Bertz CT molecular complexity index is 1210. The van der Waals surface area contributed by atoms with Crippen LogP contribution in [0.1, 0.15) is 47.9 Å². The van der Waals surface area contributed by atoms with Gasteiger partial charge in [-0.15, -0.1) is 0 Å². The Balaban J connectivity index is 1.46. The molecule has 0 bridgehead atoms. The fraction of sp³-hybridized carbons (Fsp3) is 0.348. The molecule has 1 fully saturated rings. The van der Waals surface area contributed by atoms with Gasteiger partial charge in [-0.3, -0.25) is 0 Å². The molecule has 8 heteroatoms. The monoisotopic (exact) mass is 439 g/mol. The maximum absolute atomic E-state index is 12.9. The normalized spacial score (nSPS) is 17.5. The Kier molecular flexibility index (Phi) is 6.02. The fourth-order valence-corrected chi connectivity index (χ4v) is 5.51. The van der Waals surface area contributed by atoms with Gasteiger partial charge in [-0.1, -0.05) is 18.6 Å². The van der Waals surface area contributed by atoms with Crippen molar-refractivity contribution < 1.29 is 17.9 Å². The first-order valence-corrected chi connectivity index (χ1v) is 11.8. The lowest BCUT2D eigenvalue weighted by Gasteiger charge is -2.32. The predicted octanol–water partition coefficient (Wildman–Crippen LogP) is 3.86. The molecule has 1 saturated heterocycles. The van der Waals surface area contributed by atoms with E-state index in [4.69, 9.17) is 4.74 Å². The van der Waals surface area contributed by atoms with Gasteiger partial charge in [0.05, 0.1) is 32.9 Å². The Hall–Kier alpha value is -2.84. The van der Waals surface area contributed by atoms with Crippen molar-refractivity contribution >= 4 is 27.0 Å². The van der Waals surface area contributed by atoms with Crippen LogP contribution in [-0.2, 0) is 21.4 Å². The number of carbonyl (C=O) groups is 1. The number of hydrogen-bond donors (Lipinski definition) is 0. The standard InChI is InChI=1S/C23H25N3O4S/c1-16-7-5-6-14-26(16)31(28,29)19-12-10-18(11-13-19)23(27)30-15-22-17(2)24-20-8-3-4-9-21(20)25-22/h3-4,8-13,16H,5-7,14-15H2,1-2H3/t16-/m0/s1. The molecule has 4 rings (SSSR count). The van der Waals surface area contributed by atoms with Crippen LogP contribution in [-0.4, -0.2) is 41.2 Å². The first-order valence-electron chi connectivity index (χ1n) is 10.4. The number of esters is 1. The SMILES string of the molecule is Cc1nc2ccccc2nc1COC(=O)c1ccc(S(=O)(=O)N2CCCC[C@@H]2C)cc1. The number of aryl methyl sites for hydroxylation is 1. The fourth-order valence-electron chi connectivity index (χ4n) is 3.81. The van der Waals surface area contributed by atoms with Crippen molar-refractivity contribution in [2.24, 2.45) is 0 Å². The Morgan fingerprint density at radius 2 is 1.74 bits per heavy atom. The third-order valence-corrected chi connectivity index (χ3v) is 7.65. The zero-order chi connectivity index (χ0) is 22.0. The van der Waals surface area contributed by atoms with Gasteiger partial charge in [-0.25, -0.2) is 23.2 Å². The van der Waals surface area contributed by atoms with Gasteiger partial charge in [0.2, 0.25) is 10.0 Å². The molecule has 1 aliphatic rings. The lowest BCUT2D eigenvalue weighted by atomic mass is 10.1. The van der Waals surface area contributed by atoms with E-state index in [1.807, 2.05) is 38.1 Å². The number of nitrogens with zero attached hydrogens (tertiary/aromatic N) is 3. The van der Waals surface area contributed by atoms with Crippen molar-refractivity contribution in [3.63, 3.8) is 0 Å². The quantitative estimate of drug-likeness (QED) is 0.561. The summed E-state index contributed by atoms with van der Waals surface area (Å²) in [6.45, 7) is 4.28. The predicted molar refractivity (Wildman–Crippen MR) is 117 cm³/mol. The summed E-state index contributed by atoms with van der Waals surface area (Å²) >= 11 is 0. The van der Waals surface area contributed by atoms with E-state index in [2.05, 4.69) is 9.97 Å². The number of para-hydroxylation sites is 2. The van der Waals surface area contributed by atoms with Crippen LogP contribution in [0.3, 0.4) is 0 Å². The number of carbonyl (C=O) groups excluding carboxylic acids is 1. The molecule has 7 nitrogen and oxygen atoms in total. The summed E-state index contributed by atoms with van der Waals surface area (Å²) in [7, 11) is -3.57. The largest absolute Gasteiger partial charge is 0.456 e. The van der Waals surface area contributed by atoms with E-state index in [0.717, 1.165) is 30.3 Å². The molecule has 0 radical (unpaired) electrons. The van der Waals surface area contributed by atoms with Crippen LogP contribution < -0.4 is 0 Å². The van der Waals surface area contributed by atoms with Gasteiger partial charge < -0.3 is 4.74 Å². The highest BCUT2D eigenvalue weighted by molar-refractivity contribution is 7.89. The summed E-state index contributed by atoms with van der Waals surface area (Å²) < 4.78 is 32.8. The number of aromatic nitrogens is 2. The molecule has 1 aliphatic heterocycles. The van der Waals surface area contributed by atoms with Gasteiger partial charge in [0.15, 0.2) is 0 Å². The van der Waals surface area contributed by atoms with E-state index >= 15 is 0 Å². The average Bonchev–Trinajstić information content (AvgIpc) is 2.77. The summed E-state index contributed by atoms with van der Waals surface area (Å²) in [6.07, 6.45) is 2.77. The highest BCUT2D eigenvalue weighted by atomic mass is 32.2. The van der Waals surface area contributed by atoms with Crippen molar-refractivity contribution in [1.82, 2.24) is 14.3 Å². The van der Waals surface area contributed by atoms with E-state index in [0.29, 0.717) is 17.9 Å². The molecule has 0 saturated carbocycles. The molecule has 0 aliphatic carbocycles. The molecule has 31 heavy (non-hydrogen) atoms. The highest BCUT2D eigenvalue weighted by Gasteiger charge is 2.31. The Morgan fingerprint density at radius 1 is 1.06 bits per heavy atom. The third kappa shape index (κ3) is 4.45. The van der Waals surface area contributed by atoms with E-state index in [-0.39, 0.29) is 23.1 Å². The molecular formula is C23H25N3O4S. The van der Waals surface area contributed by atoms with Crippen LogP contribution in [0.15, 0.2) is 53.4 Å². The van der Waals surface area contributed by atoms with Gasteiger partial charge in [0, 0.05) is 12.6 Å². The van der Waals surface area contributed by atoms with Crippen molar-refractivity contribution in [2.75, 3.05) is 6.54 Å². The number of benzene rings is 2. The van der Waals surface area contributed by atoms with Crippen molar-refractivity contribution in [2.45, 2.75) is 50.7 Å². The van der Waals surface area contributed by atoms with Crippen LogP contribution >= 0.6 is 0 Å². The number of sulfonamides is 1. The summed E-state index contributed by atoms with van der Waals surface area (Å²) in [5.41, 5.74) is 3.10. The maximum Gasteiger partial charge on any atom is 0.338 e. The lowest BCUT2D eigenvalue weighted by Crippen LogP contribution is -2.41. The van der Waals surface area contributed by atoms with Crippen molar-refractivity contribution in [1.29, 1.82) is 0 Å². The van der Waals surface area contributed by atoms with Gasteiger partial charge in [-0.2, -0.15) is 4.31 Å². The van der Waals surface area contributed by atoms with Crippen LogP contribution in [0.2, 0.25) is 0 Å². The molecule has 0 amide bonds. The maximum atomic E-state index is 12.9. The number of piperidine rings is 1. The second-order valence-electron chi connectivity index (χ2n) is 7.81. The smallest absolute Gasteiger partial charge is 0.338 e. The molecular weight excluding hydrogens is 414 g/mol. The van der Waals surface area contributed by atoms with E-state index in [1.54, 1.807) is 4.31 Å². The minimum atomic E-state index is -3.57. The summed E-state index contributed by atoms with van der Waals surface area (Å²) in [6, 6.07) is 13.4. The topological polar surface area (TPSA) is 89.5 Å². The van der Waals surface area contributed by atoms with Gasteiger partial charge >= 0.3 is 5.97 Å². The van der Waals surface area contributed by atoms with E-state index in [1.165, 1.54) is 24.3 Å². The Labute approximate surface area is 182 Å². The number of hydrogen-bond acceptors (Lipinski definition) is 6. The number of rotatable bonds is 5. The number of ether oxygens (including phenoxy) is 1. The zero-order valence-corrected chi connectivity index (χ0v) is 18.4. The van der Waals surface area contributed by atoms with Crippen LogP contribution in [0, 0.1) is 6.92 Å². The summed E-state index contributed by atoms with van der Waals surface area (Å²) in [4.78, 5) is 21.7. The average molecular weight is 440 g/mol. The van der Waals surface area contributed by atoms with Gasteiger partial charge in [0.1, 0.15) is 6.61 Å². The number of fused-ring (bicyclic) bond motifs is 1. The molecule has 0 N–H and O–H groups in total. The first-order chi connectivity index (χ1) is 14.9. The molecule has 1 aromatic heterocycles. The zero-order valence-electron chi connectivity index (χ0n) is 17.6. The van der Waals surface area contributed by atoms with Crippen LogP contribution in [0.25, 0.3) is 11.0 Å². The van der Waals surface area contributed by atoms with E-state index in [9.17, 15) is 13.2 Å². The molecule has 162 valence electrons. The molecule has 0 unspecified atom stereocenters. The molecule has 2 aromatic carbocycles.